The van der Waals surface area contributed by atoms with E-state index in [1.165, 1.54) is 6.92 Å². The molecule has 0 saturated heterocycles. The predicted molar refractivity (Wildman–Crippen MR) is 62.2 cm³/mol. The third-order valence-corrected chi connectivity index (χ3v) is 2.62. The summed E-state index contributed by atoms with van der Waals surface area (Å²) in [6.07, 6.45) is 0. The molecule has 0 bridgehead atoms. The van der Waals surface area contributed by atoms with Crippen molar-refractivity contribution in [1.29, 1.82) is 0 Å². The van der Waals surface area contributed by atoms with Crippen molar-refractivity contribution < 1.29 is 9.90 Å². The van der Waals surface area contributed by atoms with Gasteiger partial charge in [0.15, 0.2) is 0 Å². The predicted octanol–water partition coefficient (Wildman–Crippen LogP) is 1.82. The number of carbonyl (C=O) groups excluding carboxylic acids is 1. The first-order valence-electron chi connectivity index (χ1n) is 5.12. The SMILES string of the molecule is CC(=O)NCc1c(C)[nH]c2ccc(O)cc12. The van der Waals surface area contributed by atoms with Crippen LogP contribution in [0.15, 0.2) is 18.2 Å². The van der Waals surface area contributed by atoms with E-state index in [0.29, 0.717) is 6.54 Å². The van der Waals surface area contributed by atoms with Crippen molar-refractivity contribution in [2.45, 2.75) is 20.4 Å². The number of fused-ring (bicyclic) bond motifs is 1. The highest BCUT2D eigenvalue weighted by atomic mass is 16.3. The fourth-order valence-corrected chi connectivity index (χ4v) is 1.81. The highest BCUT2D eigenvalue weighted by molar-refractivity contribution is 5.86. The number of hydrogen-bond acceptors (Lipinski definition) is 2. The van der Waals surface area contributed by atoms with Gasteiger partial charge in [-0.3, -0.25) is 4.79 Å². The molecular formula is C12H14N2O2. The van der Waals surface area contributed by atoms with Gasteiger partial charge in [0, 0.05) is 30.1 Å². The lowest BCUT2D eigenvalue weighted by molar-refractivity contribution is -0.119. The van der Waals surface area contributed by atoms with E-state index >= 15 is 0 Å². The minimum absolute atomic E-state index is 0.0612. The van der Waals surface area contributed by atoms with Gasteiger partial charge < -0.3 is 15.4 Å². The number of hydrogen-bond donors (Lipinski definition) is 3. The van der Waals surface area contributed by atoms with E-state index in [1.807, 2.05) is 13.0 Å². The molecule has 0 spiro atoms. The molecule has 0 radical (unpaired) electrons. The van der Waals surface area contributed by atoms with Crippen LogP contribution < -0.4 is 5.32 Å². The second-order valence-corrected chi connectivity index (χ2v) is 3.87. The smallest absolute Gasteiger partial charge is 0.217 e. The first-order valence-corrected chi connectivity index (χ1v) is 5.12. The summed E-state index contributed by atoms with van der Waals surface area (Å²) in [4.78, 5) is 14.1. The van der Waals surface area contributed by atoms with Crippen molar-refractivity contribution in [3.05, 3.63) is 29.5 Å². The molecule has 2 aromatic rings. The van der Waals surface area contributed by atoms with Gasteiger partial charge in [-0.1, -0.05) is 0 Å². The molecule has 0 aliphatic carbocycles. The van der Waals surface area contributed by atoms with Gasteiger partial charge in [0.1, 0.15) is 5.75 Å². The van der Waals surface area contributed by atoms with Gasteiger partial charge in [-0.05, 0) is 30.7 Å². The molecule has 84 valence electrons. The van der Waals surface area contributed by atoms with Crippen LogP contribution in [0.4, 0.5) is 0 Å². The molecule has 0 aliphatic rings. The number of aromatic amines is 1. The van der Waals surface area contributed by atoms with Gasteiger partial charge >= 0.3 is 0 Å². The summed E-state index contributed by atoms with van der Waals surface area (Å²) < 4.78 is 0. The molecule has 0 unspecified atom stereocenters. The molecule has 1 amide bonds. The highest BCUT2D eigenvalue weighted by Crippen LogP contribution is 2.25. The van der Waals surface area contributed by atoms with Gasteiger partial charge in [0.2, 0.25) is 5.91 Å². The fourth-order valence-electron chi connectivity index (χ4n) is 1.81. The third-order valence-electron chi connectivity index (χ3n) is 2.62. The number of nitrogens with one attached hydrogen (secondary N) is 2. The molecule has 2 rings (SSSR count). The van der Waals surface area contributed by atoms with E-state index in [0.717, 1.165) is 22.2 Å². The average molecular weight is 218 g/mol. The number of aromatic hydroxyl groups is 1. The van der Waals surface area contributed by atoms with Crippen molar-refractivity contribution in [2.75, 3.05) is 0 Å². The Bertz CT molecular complexity index is 543. The van der Waals surface area contributed by atoms with E-state index in [4.69, 9.17) is 0 Å². The van der Waals surface area contributed by atoms with E-state index < -0.39 is 0 Å². The number of H-pyrrole nitrogens is 1. The van der Waals surface area contributed by atoms with Crippen LogP contribution >= 0.6 is 0 Å². The Morgan fingerprint density at radius 3 is 2.94 bits per heavy atom. The summed E-state index contributed by atoms with van der Waals surface area (Å²) in [7, 11) is 0. The van der Waals surface area contributed by atoms with Crippen LogP contribution in [0.5, 0.6) is 5.75 Å². The maximum absolute atomic E-state index is 10.9. The van der Waals surface area contributed by atoms with E-state index in [1.54, 1.807) is 12.1 Å². The molecule has 1 heterocycles. The average Bonchev–Trinajstić information content (AvgIpc) is 2.51. The van der Waals surface area contributed by atoms with Crippen LogP contribution in [0.2, 0.25) is 0 Å². The zero-order valence-electron chi connectivity index (χ0n) is 9.29. The quantitative estimate of drug-likeness (QED) is 0.719. The van der Waals surface area contributed by atoms with Gasteiger partial charge in [-0.2, -0.15) is 0 Å². The zero-order chi connectivity index (χ0) is 11.7. The Morgan fingerprint density at radius 2 is 2.25 bits per heavy atom. The molecule has 0 fully saturated rings. The molecule has 0 saturated carbocycles. The zero-order valence-corrected chi connectivity index (χ0v) is 9.29. The normalized spacial score (nSPS) is 10.6. The number of aryl methyl sites for hydroxylation is 1. The Hall–Kier alpha value is -1.97. The van der Waals surface area contributed by atoms with Gasteiger partial charge in [0.05, 0.1) is 0 Å². The molecule has 1 aromatic heterocycles. The number of carbonyl (C=O) groups is 1. The second-order valence-electron chi connectivity index (χ2n) is 3.87. The number of amides is 1. The molecule has 3 N–H and O–H groups in total. The number of aromatic nitrogens is 1. The van der Waals surface area contributed by atoms with Crippen LogP contribution in [-0.4, -0.2) is 16.0 Å². The Kier molecular flexibility index (Phi) is 2.56. The summed E-state index contributed by atoms with van der Waals surface area (Å²) in [5, 5.41) is 13.2. The number of rotatable bonds is 2. The number of benzene rings is 1. The second kappa shape index (κ2) is 3.89. The summed E-state index contributed by atoms with van der Waals surface area (Å²) >= 11 is 0. The highest BCUT2D eigenvalue weighted by Gasteiger charge is 2.08. The van der Waals surface area contributed by atoms with Crippen LogP contribution in [0.3, 0.4) is 0 Å². The van der Waals surface area contributed by atoms with Crippen molar-refractivity contribution in [3.63, 3.8) is 0 Å². The lowest BCUT2D eigenvalue weighted by Crippen LogP contribution is -2.19. The van der Waals surface area contributed by atoms with E-state index in [2.05, 4.69) is 10.3 Å². The molecule has 4 nitrogen and oxygen atoms in total. The minimum Gasteiger partial charge on any atom is -0.508 e. The summed E-state index contributed by atoms with van der Waals surface area (Å²) in [5.41, 5.74) is 2.99. The lowest BCUT2D eigenvalue weighted by atomic mass is 10.1. The Morgan fingerprint density at radius 1 is 1.50 bits per heavy atom. The largest absolute Gasteiger partial charge is 0.508 e. The molecule has 16 heavy (non-hydrogen) atoms. The maximum atomic E-state index is 10.9. The van der Waals surface area contributed by atoms with Crippen molar-refractivity contribution >= 4 is 16.8 Å². The molecule has 0 atom stereocenters. The van der Waals surface area contributed by atoms with Gasteiger partial charge in [-0.25, -0.2) is 0 Å². The fraction of sp³-hybridized carbons (Fsp3) is 0.250. The van der Waals surface area contributed by atoms with Crippen molar-refractivity contribution in [1.82, 2.24) is 10.3 Å². The van der Waals surface area contributed by atoms with Crippen molar-refractivity contribution in [3.8, 4) is 5.75 Å². The van der Waals surface area contributed by atoms with Crippen LogP contribution in [0.25, 0.3) is 10.9 Å². The standard InChI is InChI=1S/C12H14N2O2/c1-7-11(6-13-8(2)15)10-5-9(16)3-4-12(10)14-7/h3-5,14,16H,6H2,1-2H3,(H,13,15). The van der Waals surface area contributed by atoms with Crippen LogP contribution in [-0.2, 0) is 11.3 Å². The summed E-state index contributed by atoms with van der Waals surface area (Å²) in [5.74, 6) is 0.171. The maximum Gasteiger partial charge on any atom is 0.217 e. The monoisotopic (exact) mass is 218 g/mol. The van der Waals surface area contributed by atoms with Gasteiger partial charge in [-0.15, -0.1) is 0 Å². The molecule has 1 aromatic carbocycles. The van der Waals surface area contributed by atoms with Crippen molar-refractivity contribution in [2.24, 2.45) is 0 Å². The summed E-state index contributed by atoms with van der Waals surface area (Å²) in [6, 6.07) is 5.17. The van der Waals surface area contributed by atoms with Gasteiger partial charge in [0.25, 0.3) is 0 Å². The van der Waals surface area contributed by atoms with E-state index in [9.17, 15) is 9.90 Å². The lowest BCUT2D eigenvalue weighted by Gasteiger charge is -2.02. The topological polar surface area (TPSA) is 65.1 Å². The first-order chi connectivity index (χ1) is 7.58. The molecular weight excluding hydrogens is 204 g/mol. The summed E-state index contributed by atoms with van der Waals surface area (Å²) in [6.45, 7) is 3.92. The molecule has 4 heteroatoms. The molecule has 0 aliphatic heterocycles. The van der Waals surface area contributed by atoms with Crippen LogP contribution in [0, 0.1) is 6.92 Å². The van der Waals surface area contributed by atoms with E-state index in [-0.39, 0.29) is 11.7 Å². The first kappa shape index (κ1) is 10.5. The Balaban J connectivity index is 2.45. The number of phenolic OH excluding ortho intramolecular Hbond substituents is 1. The number of phenols is 1. The third kappa shape index (κ3) is 1.86. The van der Waals surface area contributed by atoms with Crippen LogP contribution in [0.1, 0.15) is 18.2 Å². The minimum atomic E-state index is -0.0612. The Labute approximate surface area is 93.3 Å².